The Hall–Kier alpha value is 0.196. The van der Waals surface area contributed by atoms with E-state index >= 15 is 0 Å². The van der Waals surface area contributed by atoms with E-state index in [-0.39, 0.29) is 29.5 Å². The molecule has 2 N–H and O–H groups in total. The van der Waals surface area contributed by atoms with Gasteiger partial charge in [-0.3, -0.25) is 4.79 Å². The van der Waals surface area contributed by atoms with Crippen LogP contribution in [0.15, 0.2) is 0 Å². The van der Waals surface area contributed by atoms with Gasteiger partial charge in [-0.2, -0.15) is 0 Å². The highest BCUT2D eigenvalue weighted by molar-refractivity contribution is 5.75. The van der Waals surface area contributed by atoms with E-state index in [0.717, 1.165) is 0 Å². The lowest BCUT2D eigenvalue weighted by Crippen LogP contribution is -2.07. The fourth-order valence-electron chi connectivity index (χ4n) is 0.253. The number of carboxylic acids is 1. The predicted molar refractivity (Wildman–Crippen MR) is 29.7 cm³/mol. The van der Waals surface area contributed by atoms with Crippen LogP contribution in [0.1, 0.15) is 13.3 Å². The Bertz CT molecular complexity index is 71.7. The molecule has 0 bridgehead atoms. The molecule has 0 aliphatic heterocycles. The largest absolute Gasteiger partial charge is 0.481 e. The average molecular weight is 128 g/mol. The van der Waals surface area contributed by atoms with Gasteiger partial charge in [-0.25, -0.2) is 0 Å². The van der Waals surface area contributed by atoms with Gasteiger partial charge in [0.25, 0.3) is 0 Å². The van der Waals surface area contributed by atoms with Crippen molar-refractivity contribution in [2.75, 3.05) is 0 Å². The number of rotatable bonds is 2. The summed E-state index contributed by atoms with van der Waals surface area (Å²) in [6.07, 6.45) is -0.891. The Kier molecular flexibility index (Phi) is 7.37. The smallest absolute Gasteiger partial charge is 0.305 e. The summed E-state index contributed by atoms with van der Waals surface area (Å²) in [5.74, 6) is -0.963. The molecule has 0 saturated carbocycles. The molecule has 0 aliphatic carbocycles. The molecule has 3 nitrogen and oxygen atoms in total. The van der Waals surface area contributed by atoms with E-state index in [1.54, 1.807) is 0 Å². The maximum atomic E-state index is 9.65. The van der Waals surface area contributed by atoms with Gasteiger partial charge in [-0.15, -0.1) is 0 Å². The molecule has 0 heterocycles. The van der Waals surface area contributed by atoms with Crippen LogP contribution in [0.3, 0.4) is 0 Å². The second-order valence-electron chi connectivity index (χ2n) is 1.45. The van der Waals surface area contributed by atoms with Gasteiger partial charge in [0, 0.05) is 23.1 Å². The standard InChI is InChI=1S/C4H8O3.Mg/c1-3(5)2-4(6)7;/h3,5H,2H2,1H3,(H,6,7);/t3-;/m1./s1. The molecule has 44 valence electrons. The summed E-state index contributed by atoms with van der Waals surface area (Å²) in [4.78, 5) is 9.65. The van der Waals surface area contributed by atoms with Crippen LogP contribution in [0, 0.1) is 0 Å². The quantitative estimate of drug-likeness (QED) is 0.491. The zero-order valence-corrected chi connectivity index (χ0v) is 6.21. The van der Waals surface area contributed by atoms with Crippen LogP contribution in [0.2, 0.25) is 0 Å². The fourth-order valence-corrected chi connectivity index (χ4v) is 0.253. The molecule has 0 spiro atoms. The van der Waals surface area contributed by atoms with Crippen molar-refractivity contribution >= 4 is 29.0 Å². The minimum atomic E-state index is -0.963. The van der Waals surface area contributed by atoms with E-state index in [2.05, 4.69) is 0 Å². The number of hydrogen-bond acceptors (Lipinski definition) is 2. The van der Waals surface area contributed by atoms with Gasteiger partial charge < -0.3 is 10.2 Å². The summed E-state index contributed by atoms with van der Waals surface area (Å²) in [6, 6.07) is 0. The van der Waals surface area contributed by atoms with Gasteiger partial charge in [0.15, 0.2) is 0 Å². The lowest BCUT2D eigenvalue weighted by atomic mass is 10.3. The van der Waals surface area contributed by atoms with Crippen LogP contribution >= 0.6 is 0 Å². The zero-order chi connectivity index (χ0) is 5.86. The molecule has 8 heavy (non-hydrogen) atoms. The molecule has 0 aromatic heterocycles. The number of aliphatic carboxylic acids is 1. The average Bonchev–Trinajstić information content (AvgIpc) is 1.27. The van der Waals surface area contributed by atoms with E-state index in [1.807, 2.05) is 0 Å². The SMILES string of the molecule is C[C@@H](O)CC(=O)O.[Mg]. The van der Waals surface area contributed by atoms with Gasteiger partial charge in [-0.05, 0) is 6.92 Å². The molecule has 1 atom stereocenters. The first-order valence-electron chi connectivity index (χ1n) is 2.03. The van der Waals surface area contributed by atoms with Crippen LogP contribution in [-0.2, 0) is 4.79 Å². The highest BCUT2D eigenvalue weighted by atomic mass is 24.3. The third kappa shape index (κ3) is 9.50. The van der Waals surface area contributed by atoms with Crippen LogP contribution < -0.4 is 0 Å². The normalized spacial score (nSPS) is 11.8. The maximum absolute atomic E-state index is 9.65. The molecule has 2 radical (unpaired) electrons. The monoisotopic (exact) mass is 128 g/mol. The highest BCUT2D eigenvalue weighted by Crippen LogP contribution is 1.85. The second-order valence-corrected chi connectivity index (χ2v) is 1.45. The molecule has 0 rings (SSSR count). The molecule has 0 aromatic carbocycles. The van der Waals surface area contributed by atoms with Gasteiger partial charge in [0.1, 0.15) is 0 Å². The fraction of sp³-hybridized carbons (Fsp3) is 0.750. The van der Waals surface area contributed by atoms with Crippen molar-refractivity contribution in [3.05, 3.63) is 0 Å². The number of aliphatic hydroxyl groups is 1. The zero-order valence-electron chi connectivity index (χ0n) is 4.79. The van der Waals surface area contributed by atoms with Crippen molar-refractivity contribution in [2.24, 2.45) is 0 Å². The third-order valence-electron chi connectivity index (χ3n) is 0.470. The Labute approximate surface area is 63.9 Å². The summed E-state index contributed by atoms with van der Waals surface area (Å²) >= 11 is 0. The van der Waals surface area contributed by atoms with E-state index in [4.69, 9.17) is 10.2 Å². The molecule has 0 saturated heterocycles. The van der Waals surface area contributed by atoms with Gasteiger partial charge in [0.05, 0.1) is 12.5 Å². The minimum absolute atomic E-state index is 0. The van der Waals surface area contributed by atoms with Crippen molar-refractivity contribution in [1.82, 2.24) is 0 Å². The van der Waals surface area contributed by atoms with Gasteiger partial charge >= 0.3 is 5.97 Å². The summed E-state index contributed by atoms with van der Waals surface area (Å²) in [5, 5.41) is 16.3. The molecule has 0 unspecified atom stereocenters. The van der Waals surface area contributed by atoms with Crippen molar-refractivity contribution < 1.29 is 15.0 Å². The van der Waals surface area contributed by atoms with Crippen molar-refractivity contribution in [2.45, 2.75) is 19.4 Å². The van der Waals surface area contributed by atoms with Crippen LogP contribution in [0.5, 0.6) is 0 Å². The number of carboxylic acid groups (broad SMARTS) is 1. The van der Waals surface area contributed by atoms with E-state index < -0.39 is 12.1 Å². The van der Waals surface area contributed by atoms with E-state index in [1.165, 1.54) is 6.92 Å². The summed E-state index contributed by atoms with van der Waals surface area (Å²) < 4.78 is 0. The molecule has 0 fully saturated rings. The predicted octanol–water partition coefficient (Wildman–Crippen LogP) is -0.539. The van der Waals surface area contributed by atoms with Gasteiger partial charge in [-0.1, -0.05) is 0 Å². The summed E-state index contributed by atoms with van der Waals surface area (Å²) in [5.41, 5.74) is 0. The molecule has 4 heteroatoms. The maximum Gasteiger partial charge on any atom is 0.305 e. The Morgan fingerprint density at radius 2 is 2.12 bits per heavy atom. The Balaban J connectivity index is 0. The van der Waals surface area contributed by atoms with Gasteiger partial charge in [0.2, 0.25) is 0 Å². The van der Waals surface area contributed by atoms with E-state index in [0.29, 0.717) is 0 Å². The second kappa shape index (κ2) is 5.34. The van der Waals surface area contributed by atoms with Crippen molar-refractivity contribution in [3.8, 4) is 0 Å². The van der Waals surface area contributed by atoms with Crippen LogP contribution in [0.25, 0.3) is 0 Å². The Morgan fingerprint density at radius 3 is 2.12 bits per heavy atom. The molecule has 0 amide bonds. The lowest BCUT2D eigenvalue weighted by Gasteiger charge is -1.94. The first-order chi connectivity index (χ1) is 3.13. The highest BCUT2D eigenvalue weighted by Gasteiger charge is 2.00. The number of hydrogen-bond donors (Lipinski definition) is 2. The van der Waals surface area contributed by atoms with Crippen LogP contribution in [-0.4, -0.2) is 45.3 Å². The first-order valence-corrected chi connectivity index (χ1v) is 2.03. The topological polar surface area (TPSA) is 57.5 Å². The molecular weight excluding hydrogens is 120 g/mol. The molecule has 0 aromatic rings. The van der Waals surface area contributed by atoms with Crippen molar-refractivity contribution in [1.29, 1.82) is 0 Å². The van der Waals surface area contributed by atoms with Crippen LogP contribution in [0.4, 0.5) is 0 Å². The molecule has 0 aliphatic rings. The summed E-state index contributed by atoms with van der Waals surface area (Å²) in [7, 11) is 0. The van der Waals surface area contributed by atoms with Crippen molar-refractivity contribution in [3.63, 3.8) is 0 Å². The first kappa shape index (κ1) is 11.1. The minimum Gasteiger partial charge on any atom is -0.481 e. The molecular formula is C4H8MgO3. The lowest BCUT2D eigenvalue weighted by molar-refractivity contribution is -0.138. The third-order valence-corrected chi connectivity index (χ3v) is 0.470. The van der Waals surface area contributed by atoms with E-state index in [9.17, 15) is 4.79 Å². The summed E-state index contributed by atoms with van der Waals surface area (Å²) in [6.45, 7) is 1.44. The Morgan fingerprint density at radius 1 is 1.75 bits per heavy atom. The number of carbonyl (C=O) groups is 1. The number of aliphatic hydroxyl groups excluding tert-OH is 1.